The minimum Gasteiger partial charge on any atom is -0.493 e. The molecule has 1 aliphatic heterocycles. The van der Waals surface area contributed by atoms with Crippen molar-refractivity contribution < 1.29 is 38.2 Å². The molecule has 1 atom stereocenters. The fourth-order valence-electron chi connectivity index (χ4n) is 9.72. The van der Waals surface area contributed by atoms with E-state index < -0.39 is 29.4 Å². The van der Waals surface area contributed by atoms with Crippen LogP contribution in [0.2, 0.25) is 5.02 Å². The van der Waals surface area contributed by atoms with Crippen molar-refractivity contribution in [1.29, 1.82) is 0 Å². The third-order valence-corrected chi connectivity index (χ3v) is 13.6. The number of imide groups is 1. The van der Waals surface area contributed by atoms with Crippen LogP contribution in [-0.2, 0) is 39.1 Å². The van der Waals surface area contributed by atoms with Gasteiger partial charge in [-0.25, -0.2) is 9.78 Å². The molecular weight excluding hydrogens is 950 g/mol. The van der Waals surface area contributed by atoms with Crippen LogP contribution in [0.3, 0.4) is 0 Å². The highest BCUT2D eigenvalue weighted by Gasteiger charge is 2.32. The second-order valence-corrected chi connectivity index (χ2v) is 20.1. The molecule has 0 saturated carbocycles. The summed E-state index contributed by atoms with van der Waals surface area (Å²) in [5.74, 6) is 0.0154. The van der Waals surface area contributed by atoms with Gasteiger partial charge in [0.1, 0.15) is 39.7 Å². The van der Waals surface area contributed by atoms with Gasteiger partial charge in [-0.1, -0.05) is 54.1 Å². The average molecular weight is 1010 g/mol. The van der Waals surface area contributed by atoms with Gasteiger partial charge < -0.3 is 34.0 Å². The van der Waals surface area contributed by atoms with Gasteiger partial charge in [-0.05, 0) is 103 Å². The number of ether oxygens (including phenoxy) is 3. The summed E-state index contributed by atoms with van der Waals surface area (Å²) in [5, 5.41) is 13.3. The van der Waals surface area contributed by atoms with Crippen LogP contribution in [0.25, 0.3) is 43.8 Å². The number of fused-ring (bicyclic) bond motifs is 3. The van der Waals surface area contributed by atoms with Crippen LogP contribution < -0.4 is 20.1 Å². The van der Waals surface area contributed by atoms with Gasteiger partial charge >= 0.3 is 5.97 Å². The summed E-state index contributed by atoms with van der Waals surface area (Å²) in [6.07, 6.45) is 1.81. The zero-order valence-corrected chi connectivity index (χ0v) is 43.6. The van der Waals surface area contributed by atoms with Crippen molar-refractivity contribution in [1.82, 2.24) is 44.7 Å². The van der Waals surface area contributed by atoms with Crippen LogP contribution in [0, 0.1) is 20.8 Å². The molecule has 3 aromatic heterocycles. The zero-order chi connectivity index (χ0) is 52.1. The number of aryl methyl sites for hydroxylation is 4. The Morgan fingerprint density at radius 1 is 0.890 bits per heavy atom. The Kier molecular flexibility index (Phi) is 15.9. The fraction of sp³-hybridized carbons (Fsp3) is 0.400. The first kappa shape index (κ1) is 52.1. The van der Waals surface area contributed by atoms with Crippen molar-refractivity contribution >= 4 is 74.4 Å². The van der Waals surface area contributed by atoms with Crippen molar-refractivity contribution in [2.24, 2.45) is 7.05 Å². The van der Waals surface area contributed by atoms with Gasteiger partial charge in [0.25, 0.3) is 11.8 Å². The predicted octanol–water partition coefficient (Wildman–Crippen LogP) is 8.01. The maximum absolute atomic E-state index is 14.7. The Hall–Kier alpha value is -7.24. The zero-order valence-electron chi connectivity index (χ0n) is 42.8. The molecule has 8 rings (SSSR count). The number of aromatic nitrogens is 5. The van der Waals surface area contributed by atoms with E-state index in [9.17, 15) is 24.0 Å². The number of imidazole rings is 1. The van der Waals surface area contributed by atoms with Gasteiger partial charge in [0.05, 0.1) is 28.4 Å². The number of piperazine rings is 1. The lowest BCUT2D eigenvalue weighted by atomic mass is 9.98. The number of esters is 1. The molecule has 0 spiro atoms. The first-order valence-electron chi connectivity index (χ1n) is 24.8. The van der Waals surface area contributed by atoms with E-state index in [2.05, 4.69) is 48.3 Å². The highest BCUT2D eigenvalue weighted by atomic mass is 35.5. The predicted molar refractivity (Wildman–Crippen MR) is 281 cm³/mol. The van der Waals surface area contributed by atoms with Crippen LogP contribution in [0.5, 0.6) is 11.5 Å². The smallest absolute Gasteiger partial charge is 0.355 e. The number of hydrogen-bond acceptors (Lipinski definition) is 11. The largest absolute Gasteiger partial charge is 0.493 e. The molecule has 3 N–H and O–H groups in total. The topological polar surface area (TPSA) is 195 Å². The molecule has 0 bridgehead atoms. The van der Waals surface area contributed by atoms with Gasteiger partial charge in [0, 0.05) is 86.4 Å². The van der Waals surface area contributed by atoms with Crippen molar-refractivity contribution in [2.45, 2.75) is 92.3 Å². The standard InChI is InChI=1S/C55H64ClN9O8/c1-33(18-23-45(67)57-32-66)58-53(69)49-44(22-21-42-50(49)60-36(4)59-42)72-31-46(68)64-27-24-63(25-28-64)26-29-65-51-40(19-20-41(56)48(51)47-34(2)61-62(8)35(47)3)39(52(65)54(70)73-55(5,6)7)16-12-30-71-43-17-11-14-37-13-9-10-15-38(37)43/h9-11,13-15,17,19-22,32-33H,12,16,18,23-31H2,1-8H3,(H,58,69)(H,59,60)(H,57,66,67). The van der Waals surface area contributed by atoms with Crippen molar-refractivity contribution in [2.75, 3.05) is 45.9 Å². The molecule has 1 saturated heterocycles. The number of carbonyl (C=O) groups excluding carboxylic acids is 5. The third-order valence-electron chi connectivity index (χ3n) is 13.3. The molecule has 4 amide bonds. The van der Waals surface area contributed by atoms with Crippen LogP contribution in [0.15, 0.2) is 66.7 Å². The molecule has 4 heterocycles. The van der Waals surface area contributed by atoms with E-state index in [0.29, 0.717) is 99.1 Å². The fourth-order valence-corrected chi connectivity index (χ4v) is 9.97. The van der Waals surface area contributed by atoms with Crippen molar-refractivity contribution in [3.8, 4) is 22.6 Å². The van der Waals surface area contributed by atoms with E-state index in [1.807, 2.05) is 82.7 Å². The molecule has 0 aliphatic carbocycles. The first-order valence-corrected chi connectivity index (χ1v) is 25.1. The molecular formula is C55H64ClN9O8. The summed E-state index contributed by atoms with van der Waals surface area (Å²) in [6.45, 7) is 16.2. The maximum Gasteiger partial charge on any atom is 0.355 e. The van der Waals surface area contributed by atoms with Gasteiger partial charge in [-0.15, -0.1) is 0 Å². The van der Waals surface area contributed by atoms with E-state index in [1.165, 1.54) is 0 Å². The van der Waals surface area contributed by atoms with Crippen molar-refractivity contribution in [3.05, 3.63) is 106 Å². The van der Waals surface area contributed by atoms with E-state index in [-0.39, 0.29) is 30.2 Å². The number of halogens is 1. The van der Waals surface area contributed by atoms with E-state index in [1.54, 1.807) is 30.9 Å². The monoisotopic (exact) mass is 1010 g/mol. The van der Waals surface area contributed by atoms with Gasteiger partial charge in [0.2, 0.25) is 12.3 Å². The number of carbonyl (C=O) groups is 5. The molecule has 384 valence electrons. The number of aromatic amines is 1. The Bertz CT molecular complexity index is 3210. The summed E-state index contributed by atoms with van der Waals surface area (Å²) in [5.41, 5.74) is 6.04. The minimum atomic E-state index is -0.770. The maximum atomic E-state index is 14.7. The minimum absolute atomic E-state index is 0.0418. The number of nitrogens with one attached hydrogen (secondary N) is 3. The van der Waals surface area contributed by atoms with E-state index in [4.69, 9.17) is 30.9 Å². The molecule has 7 aromatic rings. The molecule has 0 radical (unpaired) electrons. The number of nitrogens with zero attached hydrogens (tertiary/aromatic N) is 6. The highest BCUT2D eigenvalue weighted by Crippen LogP contribution is 2.42. The van der Waals surface area contributed by atoms with Crippen molar-refractivity contribution in [3.63, 3.8) is 0 Å². The second kappa shape index (κ2) is 22.3. The van der Waals surface area contributed by atoms with Gasteiger partial charge in [-0.2, -0.15) is 5.10 Å². The molecule has 73 heavy (non-hydrogen) atoms. The number of rotatable bonds is 19. The van der Waals surface area contributed by atoms with Crippen LogP contribution in [0.4, 0.5) is 0 Å². The normalized spacial score (nSPS) is 13.6. The van der Waals surface area contributed by atoms with Gasteiger partial charge in [-0.3, -0.25) is 34.1 Å². The Balaban J connectivity index is 1.01. The summed E-state index contributed by atoms with van der Waals surface area (Å²) < 4.78 is 22.6. The lowest BCUT2D eigenvalue weighted by Crippen LogP contribution is -2.50. The number of H-pyrrole nitrogens is 1. The van der Waals surface area contributed by atoms with E-state index in [0.717, 1.165) is 55.5 Å². The molecule has 1 unspecified atom stereocenters. The van der Waals surface area contributed by atoms with E-state index >= 15 is 0 Å². The second-order valence-electron chi connectivity index (χ2n) is 19.7. The third kappa shape index (κ3) is 11.7. The molecule has 1 aliphatic rings. The lowest BCUT2D eigenvalue weighted by molar-refractivity contribution is -0.135. The van der Waals surface area contributed by atoms with Crippen LogP contribution in [0.1, 0.15) is 90.6 Å². The number of benzene rings is 4. The lowest BCUT2D eigenvalue weighted by Gasteiger charge is -2.35. The van der Waals surface area contributed by atoms with Crippen LogP contribution >= 0.6 is 11.6 Å². The highest BCUT2D eigenvalue weighted by molar-refractivity contribution is 6.35. The summed E-state index contributed by atoms with van der Waals surface area (Å²) >= 11 is 7.22. The molecule has 1 fully saturated rings. The number of hydrogen-bond donors (Lipinski definition) is 3. The first-order chi connectivity index (χ1) is 34.9. The molecule has 17 nitrogen and oxygen atoms in total. The Labute approximate surface area is 429 Å². The Morgan fingerprint density at radius 3 is 2.37 bits per heavy atom. The quantitative estimate of drug-likeness (QED) is 0.0404. The SMILES string of the molecule is Cc1nc2c(C(=O)NC(C)CCC(=O)NC=O)c(OCC(=O)N3CCN(CCn4c(C(=O)OC(C)(C)C)c(CCCOc5cccc6ccccc56)c5ccc(Cl)c(-c6c(C)nn(C)c6C)c54)CC3)ccc2[nH]1. The Morgan fingerprint density at radius 2 is 1.64 bits per heavy atom. The average Bonchev–Trinajstić information content (AvgIpc) is 3.97. The van der Waals surface area contributed by atoms with Crippen LogP contribution in [-0.4, -0.2) is 122 Å². The summed E-state index contributed by atoms with van der Waals surface area (Å²) in [4.78, 5) is 76.4. The van der Waals surface area contributed by atoms with Gasteiger partial charge in [0.15, 0.2) is 6.61 Å². The number of amides is 4. The molecule has 18 heteroatoms. The summed E-state index contributed by atoms with van der Waals surface area (Å²) in [7, 11) is 1.91. The molecule has 4 aromatic carbocycles. The summed E-state index contributed by atoms with van der Waals surface area (Å²) in [6, 6.07) is 21.0.